The summed E-state index contributed by atoms with van der Waals surface area (Å²) in [6.45, 7) is 13.5. The lowest BCUT2D eigenvalue weighted by molar-refractivity contribution is -0.0579. The first-order valence-electron chi connectivity index (χ1n) is 10.5. The SMILES string of the molecule is CC(CCCC(O)(C(C)C)C(C)C)C1CCC2[C@@H](O)CCC[C@]12C. The first-order valence-corrected chi connectivity index (χ1v) is 10.5. The molecule has 2 aliphatic carbocycles. The molecule has 0 heterocycles. The molecule has 2 aliphatic rings. The Hall–Kier alpha value is -0.0800. The molecule has 2 heteroatoms. The van der Waals surface area contributed by atoms with E-state index in [9.17, 15) is 10.2 Å². The number of hydrogen-bond donors (Lipinski definition) is 2. The van der Waals surface area contributed by atoms with Gasteiger partial charge in [0, 0.05) is 0 Å². The van der Waals surface area contributed by atoms with Crippen molar-refractivity contribution in [2.45, 2.75) is 105 Å². The molecule has 0 aromatic heterocycles. The summed E-state index contributed by atoms with van der Waals surface area (Å²) in [6, 6.07) is 0. The fraction of sp³-hybridized carbons (Fsp3) is 1.00. The van der Waals surface area contributed by atoms with Crippen molar-refractivity contribution in [3.8, 4) is 0 Å². The third-order valence-electron chi connectivity index (χ3n) is 8.09. The van der Waals surface area contributed by atoms with Crippen molar-refractivity contribution >= 4 is 0 Å². The molecule has 0 bridgehead atoms. The van der Waals surface area contributed by atoms with E-state index < -0.39 is 5.60 Å². The standard InChI is InChI=1S/C22H42O2/c1-15(2)22(24,16(3)4)14-7-9-17(5)18-11-12-19-20(23)10-8-13-21(18,19)6/h15-20,23-24H,7-14H2,1-6H3/t17?,18?,19?,20-,21+/m0/s1. The second kappa shape index (κ2) is 7.66. The van der Waals surface area contributed by atoms with Gasteiger partial charge >= 0.3 is 0 Å². The molecule has 2 nitrogen and oxygen atoms in total. The quantitative estimate of drug-likeness (QED) is 0.651. The third-order valence-corrected chi connectivity index (χ3v) is 8.09. The molecule has 3 unspecified atom stereocenters. The molecular weight excluding hydrogens is 296 g/mol. The predicted octanol–water partition coefficient (Wildman–Crippen LogP) is 5.41. The topological polar surface area (TPSA) is 40.5 Å². The van der Waals surface area contributed by atoms with Crippen LogP contribution in [0.1, 0.15) is 92.9 Å². The molecule has 0 aliphatic heterocycles. The van der Waals surface area contributed by atoms with Crippen molar-refractivity contribution < 1.29 is 10.2 Å². The lowest BCUT2D eigenvalue weighted by atomic mass is 9.61. The maximum atomic E-state index is 11.0. The van der Waals surface area contributed by atoms with Crippen molar-refractivity contribution in [1.82, 2.24) is 0 Å². The van der Waals surface area contributed by atoms with Crippen molar-refractivity contribution in [3.05, 3.63) is 0 Å². The monoisotopic (exact) mass is 338 g/mol. The Morgan fingerprint density at radius 1 is 1.04 bits per heavy atom. The van der Waals surface area contributed by atoms with Crippen LogP contribution < -0.4 is 0 Å². The Bertz CT molecular complexity index is 395. The Morgan fingerprint density at radius 2 is 1.67 bits per heavy atom. The summed E-state index contributed by atoms with van der Waals surface area (Å²) in [5.41, 5.74) is -0.174. The molecule has 142 valence electrons. The molecule has 2 saturated carbocycles. The highest BCUT2D eigenvalue weighted by molar-refractivity contribution is 5.01. The predicted molar refractivity (Wildman–Crippen MR) is 102 cm³/mol. The molecule has 2 N–H and O–H groups in total. The van der Waals surface area contributed by atoms with Crippen LogP contribution in [0.15, 0.2) is 0 Å². The van der Waals surface area contributed by atoms with Gasteiger partial charge in [0.05, 0.1) is 11.7 Å². The molecule has 0 aromatic carbocycles. The summed E-state index contributed by atoms with van der Waals surface area (Å²) in [6.07, 6.45) is 9.20. The molecule has 0 aromatic rings. The van der Waals surface area contributed by atoms with Crippen LogP contribution in [0.4, 0.5) is 0 Å². The van der Waals surface area contributed by atoms with Crippen molar-refractivity contribution in [2.24, 2.45) is 35.0 Å². The molecule has 0 radical (unpaired) electrons. The van der Waals surface area contributed by atoms with Crippen molar-refractivity contribution in [3.63, 3.8) is 0 Å². The summed E-state index contributed by atoms with van der Waals surface area (Å²) in [7, 11) is 0. The summed E-state index contributed by atoms with van der Waals surface area (Å²) < 4.78 is 0. The Kier molecular flexibility index (Phi) is 6.46. The van der Waals surface area contributed by atoms with E-state index in [1.165, 1.54) is 32.1 Å². The molecule has 0 amide bonds. The lowest BCUT2D eigenvalue weighted by Crippen LogP contribution is -2.42. The Balaban J connectivity index is 1.92. The smallest absolute Gasteiger partial charge is 0.0693 e. The molecule has 0 saturated heterocycles. The second-order valence-corrected chi connectivity index (χ2v) is 9.93. The highest BCUT2D eigenvalue weighted by Crippen LogP contribution is 2.58. The largest absolute Gasteiger partial charge is 0.393 e. The zero-order valence-electron chi connectivity index (χ0n) is 17.0. The van der Waals surface area contributed by atoms with E-state index in [2.05, 4.69) is 41.5 Å². The second-order valence-electron chi connectivity index (χ2n) is 9.93. The van der Waals surface area contributed by atoms with E-state index in [0.717, 1.165) is 25.2 Å². The minimum atomic E-state index is -0.525. The average Bonchev–Trinajstić information content (AvgIpc) is 2.85. The van der Waals surface area contributed by atoms with E-state index in [4.69, 9.17) is 0 Å². The number of fused-ring (bicyclic) bond motifs is 1. The zero-order valence-corrected chi connectivity index (χ0v) is 17.0. The molecule has 24 heavy (non-hydrogen) atoms. The summed E-state index contributed by atoms with van der Waals surface area (Å²) in [4.78, 5) is 0. The van der Waals surface area contributed by atoms with Crippen LogP contribution in [-0.2, 0) is 0 Å². The van der Waals surface area contributed by atoms with Crippen LogP contribution in [0.2, 0.25) is 0 Å². The highest BCUT2D eigenvalue weighted by atomic mass is 16.3. The number of aliphatic hydroxyl groups is 2. The Labute approximate surface area is 150 Å². The number of aliphatic hydroxyl groups excluding tert-OH is 1. The average molecular weight is 339 g/mol. The van der Waals surface area contributed by atoms with Gasteiger partial charge in [0.2, 0.25) is 0 Å². The normalized spacial score (nSPS) is 35.5. The van der Waals surface area contributed by atoms with Gasteiger partial charge in [0.15, 0.2) is 0 Å². The van der Waals surface area contributed by atoms with E-state index in [1.807, 2.05) is 0 Å². The molecule has 2 rings (SSSR count). The van der Waals surface area contributed by atoms with E-state index >= 15 is 0 Å². The Morgan fingerprint density at radius 3 is 2.25 bits per heavy atom. The van der Waals surface area contributed by atoms with Gasteiger partial charge in [0.25, 0.3) is 0 Å². The zero-order chi connectivity index (χ0) is 18.1. The number of hydrogen-bond acceptors (Lipinski definition) is 2. The summed E-state index contributed by atoms with van der Waals surface area (Å²) in [5, 5.41) is 21.4. The number of rotatable bonds is 7. The maximum absolute atomic E-state index is 11.0. The lowest BCUT2D eigenvalue weighted by Gasteiger charge is -2.45. The maximum Gasteiger partial charge on any atom is 0.0693 e. The van der Waals surface area contributed by atoms with Gasteiger partial charge < -0.3 is 10.2 Å². The highest BCUT2D eigenvalue weighted by Gasteiger charge is 2.52. The minimum Gasteiger partial charge on any atom is -0.393 e. The van der Waals surface area contributed by atoms with Gasteiger partial charge in [-0.05, 0) is 67.1 Å². The van der Waals surface area contributed by atoms with Crippen LogP contribution in [0.5, 0.6) is 0 Å². The van der Waals surface area contributed by atoms with Crippen molar-refractivity contribution in [1.29, 1.82) is 0 Å². The summed E-state index contributed by atoms with van der Waals surface area (Å²) in [5.74, 6) is 2.61. The van der Waals surface area contributed by atoms with Crippen LogP contribution in [0.25, 0.3) is 0 Å². The first kappa shape index (κ1) is 20.2. The van der Waals surface area contributed by atoms with Gasteiger partial charge in [-0.15, -0.1) is 0 Å². The van der Waals surface area contributed by atoms with E-state index in [-0.39, 0.29) is 6.10 Å². The van der Waals surface area contributed by atoms with Gasteiger partial charge in [-0.1, -0.05) is 60.8 Å². The van der Waals surface area contributed by atoms with Crippen LogP contribution in [0, 0.1) is 35.0 Å². The summed E-state index contributed by atoms with van der Waals surface area (Å²) >= 11 is 0. The molecule has 5 atom stereocenters. The molecular formula is C22H42O2. The van der Waals surface area contributed by atoms with E-state index in [1.54, 1.807) is 0 Å². The van der Waals surface area contributed by atoms with Gasteiger partial charge in [-0.3, -0.25) is 0 Å². The fourth-order valence-electron chi connectivity index (χ4n) is 6.28. The molecule has 0 spiro atoms. The van der Waals surface area contributed by atoms with E-state index in [0.29, 0.717) is 29.1 Å². The van der Waals surface area contributed by atoms with Crippen LogP contribution in [-0.4, -0.2) is 21.9 Å². The van der Waals surface area contributed by atoms with Gasteiger partial charge in [-0.2, -0.15) is 0 Å². The third kappa shape index (κ3) is 3.70. The molecule has 2 fully saturated rings. The van der Waals surface area contributed by atoms with Crippen molar-refractivity contribution in [2.75, 3.05) is 0 Å². The van der Waals surface area contributed by atoms with Crippen LogP contribution >= 0.6 is 0 Å². The van der Waals surface area contributed by atoms with Crippen LogP contribution in [0.3, 0.4) is 0 Å². The minimum absolute atomic E-state index is 0.0621. The fourth-order valence-corrected chi connectivity index (χ4v) is 6.28. The van der Waals surface area contributed by atoms with Gasteiger partial charge in [0.1, 0.15) is 0 Å². The first-order chi connectivity index (χ1) is 11.1. The van der Waals surface area contributed by atoms with Gasteiger partial charge in [-0.25, -0.2) is 0 Å².